The van der Waals surface area contributed by atoms with Crippen LogP contribution in [0, 0.1) is 0 Å². The van der Waals surface area contributed by atoms with Gasteiger partial charge in [-0.1, -0.05) is 53.8 Å². The number of hydrogen-bond acceptors (Lipinski definition) is 5. The molecular weight excluding hydrogens is 348 g/mol. The number of nitrogens with two attached hydrogens (primary N) is 1. The van der Waals surface area contributed by atoms with Crippen molar-refractivity contribution in [1.29, 1.82) is 0 Å². The van der Waals surface area contributed by atoms with Crippen molar-refractivity contribution in [3.63, 3.8) is 0 Å². The number of nitrogens with zero attached hydrogens (tertiary/aromatic N) is 3. The van der Waals surface area contributed by atoms with Gasteiger partial charge in [0, 0.05) is 10.4 Å². The number of benzene rings is 2. The minimum absolute atomic E-state index is 0.198. The first kappa shape index (κ1) is 14.8. The Bertz CT molecular complexity index is 1170. The maximum absolute atomic E-state index is 6.36. The van der Waals surface area contributed by atoms with Crippen LogP contribution in [0.3, 0.4) is 0 Å². The summed E-state index contributed by atoms with van der Waals surface area (Å²) in [7, 11) is 0. The van der Waals surface area contributed by atoms with Crippen LogP contribution < -0.4 is 5.73 Å². The molecule has 3 heterocycles. The van der Waals surface area contributed by atoms with Gasteiger partial charge in [0.2, 0.25) is 4.96 Å². The summed E-state index contributed by atoms with van der Waals surface area (Å²) in [4.78, 5) is 6.51. The molecule has 0 spiro atoms. The Labute approximate surface area is 152 Å². The smallest absolute Gasteiger partial charge is 0.212 e. The first-order valence-corrected chi connectivity index (χ1v) is 9.62. The lowest BCUT2D eigenvalue weighted by Gasteiger charge is -2.04. The third-order valence-corrected chi connectivity index (χ3v) is 6.22. The van der Waals surface area contributed by atoms with Crippen molar-refractivity contribution in [2.75, 3.05) is 0 Å². The Morgan fingerprint density at radius 1 is 1.00 bits per heavy atom. The van der Waals surface area contributed by atoms with Crippen molar-refractivity contribution in [2.24, 2.45) is 5.73 Å². The minimum Gasteiger partial charge on any atom is -0.318 e. The summed E-state index contributed by atoms with van der Waals surface area (Å²) >= 11 is 3.20. The van der Waals surface area contributed by atoms with Crippen molar-refractivity contribution in [2.45, 2.75) is 6.04 Å². The first-order chi connectivity index (χ1) is 12.3. The fourth-order valence-corrected chi connectivity index (χ4v) is 4.67. The lowest BCUT2D eigenvalue weighted by molar-refractivity contribution is 0.822. The lowest BCUT2D eigenvalue weighted by Crippen LogP contribution is -2.10. The highest BCUT2D eigenvalue weighted by molar-refractivity contribution is 7.17. The van der Waals surface area contributed by atoms with E-state index in [1.54, 1.807) is 22.7 Å². The van der Waals surface area contributed by atoms with Crippen molar-refractivity contribution in [1.82, 2.24) is 14.6 Å². The molecule has 0 saturated carbocycles. The Balaban J connectivity index is 1.61. The topological polar surface area (TPSA) is 56.2 Å². The van der Waals surface area contributed by atoms with Crippen molar-refractivity contribution >= 4 is 38.4 Å². The maximum Gasteiger partial charge on any atom is 0.212 e. The fourth-order valence-electron chi connectivity index (χ4n) is 2.97. The number of aromatic nitrogens is 3. The second-order valence-corrected chi connectivity index (χ2v) is 7.80. The van der Waals surface area contributed by atoms with Crippen molar-refractivity contribution < 1.29 is 0 Å². The van der Waals surface area contributed by atoms with E-state index in [2.05, 4.69) is 47.4 Å². The second-order valence-electron chi connectivity index (χ2n) is 5.83. The zero-order chi connectivity index (χ0) is 16.8. The Kier molecular flexibility index (Phi) is 3.41. The molecule has 0 aliphatic rings. The third kappa shape index (κ3) is 2.46. The summed E-state index contributed by atoms with van der Waals surface area (Å²) in [6.07, 6.45) is 1.88. The molecule has 4 nitrogen and oxygen atoms in total. The molecular formula is C19H14N4S2. The summed E-state index contributed by atoms with van der Waals surface area (Å²) < 4.78 is 1.90. The molecule has 0 aliphatic carbocycles. The zero-order valence-corrected chi connectivity index (χ0v) is 14.8. The van der Waals surface area contributed by atoms with E-state index in [1.807, 2.05) is 28.2 Å². The molecule has 2 aromatic carbocycles. The average Bonchev–Trinajstić information content (AvgIpc) is 3.37. The van der Waals surface area contributed by atoms with E-state index in [0.717, 1.165) is 26.1 Å². The molecule has 0 fully saturated rings. The Morgan fingerprint density at radius 3 is 2.72 bits per heavy atom. The summed E-state index contributed by atoms with van der Waals surface area (Å²) in [6, 6.07) is 18.6. The molecule has 122 valence electrons. The first-order valence-electron chi connectivity index (χ1n) is 7.92. The van der Waals surface area contributed by atoms with Gasteiger partial charge in [-0.05, 0) is 28.3 Å². The van der Waals surface area contributed by atoms with E-state index in [1.165, 1.54) is 10.8 Å². The van der Waals surface area contributed by atoms with E-state index in [0.29, 0.717) is 0 Å². The van der Waals surface area contributed by atoms with Gasteiger partial charge < -0.3 is 5.73 Å². The highest BCUT2D eigenvalue weighted by Gasteiger charge is 2.18. The zero-order valence-electron chi connectivity index (χ0n) is 13.2. The van der Waals surface area contributed by atoms with Gasteiger partial charge in [0.1, 0.15) is 5.01 Å². The molecule has 0 saturated heterocycles. The van der Waals surface area contributed by atoms with Crippen LogP contribution in [0.1, 0.15) is 15.9 Å². The monoisotopic (exact) mass is 362 g/mol. The predicted octanol–water partition coefficient (Wildman–Crippen LogP) is 4.72. The van der Waals surface area contributed by atoms with Crippen LogP contribution in [-0.4, -0.2) is 14.6 Å². The van der Waals surface area contributed by atoms with E-state index < -0.39 is 0 Å². The van der Waals surface area contributed by atoms with Crippen LogP contribution in [0.25, 0.3) is 27.0 Å². The van der Waals surface area contributed by atoms with Gasteiger partial charge in [-0.3, -0.25) is 0 Å². The molecule has 1 unspecified atom stereocenters. The normalized spacial score (nSPS) is 12.8. The average molecular weight is 362 g/mol. The Hall–Kier alpha value is -2.54. The van der Waals surface area contributed by atoms with Gasteiger partial charge in [-0.15, -0.1) is 11.3 Å². The number of fused-ring (bicyclic) bond motifs is 2. The van der Waals surface area contributed by atoms with Crippen LogP contribution in [-0.2, 0) is 0 Å². The predicted molar refractivity (Wildman–Crippen MR) is 104 cm³/mol. The maximum atomic E-state index is 6.36. The fraction of sp³-hybridized carbons (Fsp3) is 0.0526. The van der Waals surface area contributed by atoms with Gasteiger partial charge in [0.25, 0.3) is 0 Å². The van der Waals surface area contributed by atoms with E-state index >= 15 is 0 Å². The van der Waals surface area contributed by atoms with Gasteiger partial charge in [-0.25, -0.2) is 9.50 Å². The number of rotatable bonds is 3. The second kappa shape index (κ2) is 5.77. The molecule has 6 heteroatoms. The Morgan fingerprint density at radius 2 is 1.88 bits per heavy atom. The summed E-state index contributed by atoms with van der Waals surface area (Å²) in [6.45, 7) is 0. The van der Waals surface area contributed by atoms with E-state index in [9.17, 15) is 0 Å². The molecule has 0 amide bonds. The van der Waals surface area contributed by atoms with Gasteiger partial charge >= 0.3 is 0 Å². The van der Waals surface area contributed by atoms with Crippen molar-refractivity contribution in [3.8, 4) is 11.3 Å². The molecule has 25 heavy (non-hydrogen) atoms. The van der Waals surface area contributed by atoms with Crippen molar-refractivity contribution in [3.05, 3.63) is 76.1 Å². The summed E-state index contributed by atoms with van der Waals surface area (Å²) in [5.74, 6) is 0. The highest BCUT2D eigenvalue weighted by Crippen LogP contribution is 2.31. The molecule has 0 bridgehead atoms. The summed E-state index contributed by atoms with van der Waals surface area (Å²) in [5.41, 5.74) is 8.46. The van der Waals surface area contributed by atoms with E-state index in [-0.39, 0.29) is 6.04 Å². The molecule has 2 N–H and O–H groups in total. The molecule has 5 aromatic rings. The highest BCUT2D eigenvalue weighted by atomic mass is 32.1. The van der Waals surface area contributed by atoms with Crippen LogP contribution in [0.15, 0.2) is 66.2 Å². The van der Waals surface area contributed by atoms with Gasteiger partial charge in [-0.2, -0.15) is 5.10 Å². The number of imidazole rings is 1. The number of hydrogen-bond donors (Lipinski definition) is 1. The molecule has 0 aliphatic heterocycles. The van der Waals surface area contributed by atoms with Gasteiger partial charge in [0.15, 0.2) is 0 Å². The SMILES string of the molecule is NC(c1cccs1)c1nn2c(-c3ccc4ccccc4c3)cnc2s1. The van der Waals surface area contributed by atoms with E-state index in [4.69, 9.17) is 10.8 Å². The van der Waals surface area contributed by atoms with Gasteiger partial charge in [0.05, 0.1) is 17.9 Å². The lowest BCUT2D eigenvalue weighted by atomic mass is 10.1. The third-order valence-electron chi connectivity index (χ3n) is 4.26. The van der Waals surface area contributed by atoms with Crippen LogP contribution in [0.2, 0.25) is 0 Å². The standard InChI is InChI=1S/C19H14N4S2/c20-17(16-6-3-9-24-16)18-22-23-15(11-21-19(23)25-18)14-8-7-12-4-1-2-5-13(12)10-14/h1-11,17H,20H2. The molecule has 5 rings (SSSR count). The number of thiophene rings is 1. The molecule has 3 aromatic heterocycles. The van der Waals surface area contributed by atoms with Crippen LogP contribution in [0.4, 0.5) is 0 Å². The van der Waals surface area contributed by atoms with Crippen LogP contribution in [0.5, 0.6) is 0 Å². The molecule has 0 radical (unpaired) electrons. The quantitative estimate of drug-likeness (QED) is 0.505. The summed E-state index contributed by atoms with van der Waals surface area (Å²) in [5, 5.41) is 10.1. The van der Waals surface area contributed by atoms with Crippen LogP contribution >= 0.6 is 22.7 Å². The molecule has 1 atom stereocenters. The minimum atomic E-state index is -0.198. The largest absolute Gasteiger partial charge is 0.318 e.